The Morgan fingerprint density at radius 1 is 1.00 bits per heavy atom. The molecule has 2 rings (SSSR count). The van der Waals surface area contributed by atoms with Crippen LogP contribution in [-0.4, -0.2) is 27.4 Å². The third-order valence-corrected chi connectivity index (χ3v) is 4.87. The Morgan fingerprint density at radius 2 is 1.62 bits per heavy atom. The van der Waals surface area contributed by atoms with Crippen LogP contribution >= 0.6 is 0 Å². The van der Waals surface area contributed by atoms with Crippen molar-refractivity contribution in [2.75, 3.05) is 12.4 Å². The maximum Gasteiger partial charge on any atom is 0.318 e. The van der Waals surface area contributed by atoms with Gasteiger partial charge in [0.1, 0.15) is 0 Å². The highest BCUT2D eigenvalue weighted by Crippen LogP contribution is 2.15. The molecule has 2 aromatic carbocycles. The molecule has 3 amide bonds. The van der Waals surface area contributed by atoms with Crippen LogP contribution in [0.1, 0.15) is 30.3 Å². The summed E-state index contributed by atoms with van der Waals surface area (Å²) in [6.07, 6.45) is 0.615. The number of hydrogen-bond acceptors (Lipinski definition) is 4. The fraction of sp³-hybridized carbons (Fsp3) is 0.222. The number of amides is 3. The fourth-order valence-electron chi connectivity index (χ4n) is 2.20. The molecule has 0 spiro atoms. The van der Waals surface area contributed by atoms with Crippen molar-refractivity contribution >= 4 is 27.6 Å². The molecule has 3 N–H and O–H groups in total. The molecule has 0 atom stereocenters. The number of urea groups is 1. The Kier molecular flexibility index (Phi) is 7.33. The number of anilines is 1. The number of nitrogens with one attached hydrogen (secondary N) is 3. The summed E-state index contributed by atoms with van der Waals surface area (Å²) in [5, 5.41) is 4.91. The van der Waals surface area contributed by atoms with Gasteiger partial charge >= 0.3 is 6.03 Å². The first kappa shape index (κ1) is 21.2. The van der Waals surface area contributed by atoms with E-state index in [-0.39, 0.29) is 12.3 Å². The fourth-order valence-corrected chi connectivity index (χ4v) is 3.16. The molecule has 0 aliphatic carbocycles. The lowest BCUT2D eigenvalue weighted by Crippen LogP contribution is -2.31. The van der Waals surface area contributed by atoms with Gasteiger partial charge in [-0.15, -0.1) is 0 Å². The van der Waals surface area contributed by atoms with Gasteiger partial charge in [-0.25, -0.2) is 17.9 Å². The van der Waals surface area contributed by atoms with E-state index in [9.17, 15) is 18.0 Å². The van der Waals surface area contributed by atoms with Gasteiger partial charge in [0.25, 0.3) is 15.9 Å². The largest absolute Gasteiger partial charge is 0.341 e. The van der Waals surface area contributed by atoms with Crippen molar-refractivity contribution in [3.05, 3.63) is 59.7 Å². The first-order chi connectivity index (χ1) is 11.9. The number of carbonyl (C=O) groups is 2. The molecule has 0 aliphatic heterocycles. The molecule has 0 aliphatic rings. The molecule has 2 aromatic rings. The first-order valence-corrected chi connectivity index (χ1v) is 9.09. The summed E-state index contributed by atoms with van der Waals surface area (Å²) in [5.41, 5.74) is 1.52. The summed E-state index contributed by atoms with van der Waals surface area (Å²) in [7, 11) is -2.54. The van der Waals surface area contributed by atoms with E-state index >= 15 is 0 Å². The van der Waals surface area contributed by atoms with Crippen molar-refractivity contribution in [1.29, 1.82) is 0 Å². The van der Waals surface area contributed by atoms with Crippen LogP contribution in [0.3, 0.4) is 0 Å². The number of rotatable bonds is 5. The third kappa shape index (κ3) is 5.06. The molecule has 0 heterocycles. The SMILES string of the molecule is C.CCc1ccccc1C(=O)NS(=O)(=O)c1ccc(NC(=O)NC)cc1. The topological polar surface area (TPSA) is 104 Å². The zero-order valence-electron chi connectivity index (χ0n) is 13.9. The maximum atomic E-state index is 12.4. The summed E-state index contributed by atoms with van der Waals surface area (Å²) in [5.74, 6) is -0.676. The highest BCUT2D eigenvalue weighted by molar-refractivity contribution is 7.90. The van der Waals surface area contributed by atoms with Crippen molar-refractivity contribution in [2.24, 2.45) is 0 Å². The summed E-state index contributed by atoms with van der Waals surface area (Å²) < 4.78 is 26.8. The quantitative estimate of drug-likeness (QED) is 0.745. The van der Waals surface area contributed by atoms with E-state index in [1.807, 2.05) is 6.92 Å². The summed E-state index contributed by atoms with van der Waals surface area (Å²) >= 11 is 0. The van der Waals surface area contributed by atoms with E-state index in [2.05, 4.69) is 15.4 Å². The van der Waals surface area contributed by atoms with Crippen molar-refractivity contribution in [3.8, 4) is 0 Å². The average molecular weight is 377 g/mol. The van der Waals surface area contributed by atoms with Crippen molar-refractivity contribution in [3.63, 3.8) is 0 Å². The zero-order valence-corrected chi connectivity index (χ0v) is 14.7. The molecule has 0 aromatic heterocycles. The van der Waals surface area contributed by atoms with Crippen LogP contribution in [0.15, 0.2) is 53.4 Å². The Hall–Kier alpha value is -2.87. The van der Waals surface area contributed by atoms with Gasteiger partial charge in [-0.05, 0) is 42.3 Å². The third-order valence-electron chi connectivity index (χ3n) is 3.52. The van der Waals surface area contributed by atoms with Crippen LogP contribution in [0.2, 0.25) is 0 Å². The van der Waals surface area contributed by atoms with Crippen LogP contribution in [-0.2, 0) is 16.4 Å². The average Bonchev–Trinajstić information content (AvgIpc) is 2.61. The minimum atomic E-state index is -4.01. The van der Waals surface area contributed by atoms with Crippen molar-refractivity contribution in [2.45, 2.75) is 25.7 Å². The molecule has 26 heavy (non-hydrogen) atoms. The van der Waals surface area contributed by atoms with E-state index in [0.717, 1.165) is 5.56 Å². The molecule has 140 valence electrons. The lowest BCUT2D eigenvalue weighted by molar-refractivity contribution is 0.0980. The van der Waals surface area contributed by atoms with Crippen LogP contribution in [0.5, 0.6) is 0 Å². The second-order valence-electron chi connectivity index (χ2n) is 5.17. The van der Waals surface area contributed by atoms with Gasteiger partial charge in [0.05, 0.1) is 4.90 Å². The molecule has 0 saturated carbocycles. The first-order valence-electron chi connectivity index (χ1n) is 7.61. The lowest BCUT2D eigenvalue weighted by Gasteiger charge is -2.10. The monoisotopic (exact) mass is 377 g/mol. The molecular formula is C18H23N3O4S. The van der Waals surface area contributed by atoms with Crippen molar-refractivity contribution in [1.82, 2.24) is 10.0 Å². The summed E-state index contributed by atoms with van der Waals surface area (Å²) in [6.45, 7) is 1.89. The van der Waals surface area contributed by atoms with Crippen LogP contribution in [0, 0.1) is 0 Å². The second kappa shape index (κ2) is 9.00. The van der Waals surface area contributed by atoms with Gasteiger partial charge in [0, 0.05) is 18.3 Å². The predicted octanol–water partition coefficient (Wildman–Crippen LogP) is 2.76. The number of sulfonamides is 1. The van der Waals surface area contributed by atoms with Gasteiger partial charge in [-0.2, -0.15) is 0 Å². The van der Waals surface area contributed by atoms with Gasteiger partial charge < -0.3 is 10.6 Å². The summed E-state index contributed by atoms with van der Waals surface area (Å²) in [4.78, 5) is 23.5. The van der Waals surface area contributed by atoms with Gasteiger partial charge in [0.2, 0.25) is 0 Å². The van der Waals surface area contributed by atoms with Gasteiger partial charge in [0.15, 0.2) is 0 Å². The van der Waals surface area contributed by atoms with E-state index in [1.54, 1.807) is 24.3 Å². The predicted molar refractivity (Wildman–Crippen MR) is 102 cm³/mol. The number of benzene rings is 2. The van der Waals surface area contributed by atoms with E-state index < -0.39 is 22.0 Å². The highest BCUT2D eigenvalue weighted by Gasteiger charge is 2.20. The zero-order chi connectivity index (χ0) is 18.4. The Morgan fingerprint density at radius 3 is 2.19 bits per heavy atom. The van der Waals surface area contributed by atoms with E-state index in [0.29, 0.717) is 17.7 Å². The van der Waals surface area contributed by atoms with E-state index in [4.69, 9.17) is 0 Å². The van der Waals surface area contributed by atoms with E-state index in [1.165, 1.54) is 31.3 Å². The highest BCUT2D eigenvalue weighted by atomic mass is 32.2. The van der Waals surface area contributed by atoms with Crippen molar-refractivity contribution < 1.29 is 18.0 Å². The minimum absolute atomic E-state index is 0. The molecule has 0 unspecified atom stereocenters. The molecule has 0 saturated heterocycles. The smallest absolute Gasteiger partial charge is 0.318 e. The second-order valence-corrected chi connectivity index (χ2v) is 6.86. The molecule has 7 nitrogen and oxygen atoms in total. The normalized spacial score (nSPS) is 10.4. The maximum absolute atomic E-state index is 12.4. The number of hydrogen-bond donors (Lipinski definition) is 3. The molecule has 0 radical (unpaired) electrons. The Balaban J connectivity index is 0.00000338. The summed E-state index contributed by atoms with van der Waals surface area (Å²) in [6, 6.07) is 11.9. The number of carbonyl (C=O) groups excluding carboxylic acids is 2. The van der Waals surface area contributed by atoms with Gasteiger partial charge in [-0.3, -0.25) is 4.79 Å². The van der Waals surface area contributed by atoms with Crippen LogP contribution < -0.4 is 15.4 Å². The minimum Gasteiger partial charge on any atom is -0.341 e. The Labute approximate surface area is 153 Å². The molecular weight excluding hydrogens is 354 g/mol. The van der Waals surface area contributed by atoms with Gasteiger partial charge in [-0.1, -0.05) is 32.5 Å². The van der Waals surface area contributed by atoms with Crippen LogP contribution in [0.25, 0.3) is 0 Å². The lowest BCUT2D eigenvalue weighted by atomic mass is 10.1. The number of aryl methyl sites for hydroxylation is 1. The molecule has 0 fully saturated rings. The Bertz CT molecular complexity index is 878. The molecule has 0 bridgehead atoms. The van der Waals surface area contributed by atoms with Crippen LogP contribution in [0.4, 0.5) is 10.5 Å². The standard InChI is InChI=1S/C17H19N3O4S.CH4/c1-3-12-6-4-5-7-15(12)16(21)20-25(23,24)14-10-8-13(9-11-14)19-17(22)18-2;/h4-11H,3H2,1-2H3,(H,20,21)(H2,18,19,22);1H4. The molecule has 8 heteroatoms.